The first-order valence-corrected chi connectivity index (χ1v) is 7.99. The highest BCUT2D eigenvalue weighted by molar-refractivity contribution is 7.98. The van der Waals surface area contributed by atoms with Gasteiger partial charge in [0.2, 0.25) is 0 Å². The van der Waals surface area contributed by atoms with Gasteiger partial charge in [0.1, 0.15) is 0 Å². The number of carbonyl (C=O) groups is 2. The molecule has 0 aliphatic carbocycles. The van der Waals surface area contributed by atoms with E-state index >= 15 is 0 Å². The topological polar surface area (TPSA) is 59.1 Å². The summed E-state index contributed by atoms with van der Waals surface area (Å²) in [4.78, 5) is 29.3. The number of thioether (sulfide) groups is 1. The van der Waals surface area contributed by atoms with Crippen molar-refractivity contribution in [2.24, 2.45) is 0 Å². The lowest BCUT2D eigenvalue weighted by Crippen LogP contribution is -2.11. The number of thiazole rings is 1. The maximum Gasteiger partial charge on any atom is 0.257 e. The molecule has 104 valence electrons. The Bertz CT molecular complexity index is 648. The zero-order valence-corrected chi connectivity index (χ0v) is 13.0. The molecular formula is C14H14N2O2S2. The van der Waals surface area contributed by atoms with Crippen molar-refractivity contribution in [1.29, 1.82) is 0 Å². The van der Waals surface area contributed by atoms with E-state index in [1.165, 1.54) is 18.3 Å². The van der Waals surface area contributed by atoms with Crippen LogP contribution in [0.5, 0.6) is 0 Å². The molecule has 2 aromatic rings. The Balaban J connectivity index is 2.14. The molecule has 4 nitrogen and oxygen atoms in total. The zero-order chi connectivity index (χ0) is 14.7. The van der Waals surface area contributed by atoms with E-state index < -0.39 is 0 Å². The summed E-state index contributed by atoms with van der Waals surface area (Å²) in [5.41, 5.74) is 1.22. The van der Waals surface area contributed by atoms with Crippen LogP contribution in [-0.2, 0) is 0 Å². The molecule has 0 radical (unpaired) electrons. The number of rotatable bonds is 4. The first kappa shape index (κ1) is 14.7. The van der Waals surface area contributed by atoms with Crippen molar-refractivity contribution in [1.82, 2.24) is 4.98 Å². The number of aryl methyl sites for hydroxylation is 1. The summed E-state index contributed by atoms with van der Waals surface area (Å²) < 4.78 is 0. The largest absolute Gasteiger partial charge is 0.298 e. The molecular weight excluding hydrogens is 292 g/mol. The van der Waals surface area contributed by atoms with E-state index in [1.807, 2.05) is 18.4 Å². The minimum Gasteiger partial charge on any atom is -0.298 e. The molecule has 1 aromatic carbocycles. The number of anilines is 1. The number of hydrogen-bond acceptors (Lipinski definition) is 5. The third-order valence-electron chi connectivity index (χ3n) is 2.69. The van der Waals surface area contributed by atoms with Crippen molar-refractivity contribution in [3.8, 4) is 0 Å². The van der Waals surface area contributed by atoms with Crippen LogP contribution >= 0.6 is 23.1 Å². The lowest BCUT2D eigenvalue weighted by molar-refractivity contribution is 0.101. The monoisotopic (exact) mass is 306 g/mol. The van der Waals surface area contributed by atoms with Gasteiger partial charge in [-0.2, -0.15) is 0 Å². The van der Waals surface area contributed by atoms with Gasteiger partial charge in [-0.3, -0.25) is 14.9 Å². The van der Waals surface area contributed by atoms with Crippen molar-refractivity contribution in [2.75, 3.05) is 11.6 Å². The van der Waals surface area contributed by atoms with E-state index in [0.29, 0.717) is 21.3 Å². The van der Waals surface area contributed by atoms with Gasteiger partial charge in [0.25, 0.3) is 5.91 Å². The average Bonchev–Trinajstić information content (AvgIpc) is 2.79. The Morgan fingerprint density at radius 3 is 2.40 bits per heavy atom. The molecule has 20 heavy (non-hydrogen) atoms. The molecule has 0 aliphatic heterocycles. The normalized spacial score (nSPS) is 10.3. The molecule has 0 aliphatic rings. The predicted molar refractivity (Wildman–Crippen MR) is 83.0 cm³/mol. The van der Waals surface area contributed by atoms with Crippen LogP contribution in [-0.4, -0.2) is 22.9 Å². The Labute approximate surface area is 125 Å². The quantitative estimate of drug-likeness (QED) is 0.692. The fourth-order valence-corrected chi connectivity index (χ4v) is 2.95. The second kappa shape index (κ2) is 6.19. The van der Waals surface area contributed by atoms with Crippen LogP contribution in [0.25, 0.3) is 0 Å². The predicted octanol–water partition coefficient (Wildman–Crippen LogP) is 3.63. The molecule has 6 heteroatoms. The van der Waals surface area contributed by atoms with Crippen LogP contribution in [0, 0.1) is 6.92 Å². The smallest absolute Gasteiger partial charge is 0.257 e. The number of Topliss-reactive ketones (excluding diaryl/α,β-unsaturated/α-hetero) is 1. The molecule has 1 heterocycles. The first-order chi connectivity index (χ1) is 9.51. The lowest BCUT2D eigenvalue weighted by atomic mass is 10.2. The number of amides is 1. The molecule has 0 spiro atoms. The second-order valence-corrected chi connectivity index (χ2v) is 6.05. The summed E-state index contributed by atoms with van der Waals surface area (Å²) in [6.45, 7) is 3.25. The number of nitrogens with zero attached hydrogens (tertiary/aromatic N) is 1. The van der Waals surface area contributed by atoms with Crippen LogP contribution in [0.2, 0.25) is 0 Å². The van der Waals surface area contributed by atoms with Crippen LogP contribution in [0.4, 0.5) is 5.13 Å². The first-order valence-electron chi connectivity index (χ1n) is 5.95. The fourth-order valence-electron chi connectivity index (χ4n) is 1.69. The van der Waals surface area contributed by atoms with Crippen molar-refractivity contribution in [3.63, 3.8) is 0 Å². The Hall–Kier alpha value is -1.66. The average molecular weight is 306 g/mol. The van der Waals surface area contributed by atoms with E-state index in [2.05, 4.69) is 10.3 Å². The van der Waals surface area contributed by atoms with Crippen LogP contribution in [0.3, 0.4) is 0 Å². The van der Waals surface area contributed by atoms with Crippen LogP contribution in [0.15, 0.2) is 29.2 Å². The molecule has 1 amide bonds. The fraction of sp³-hybridized carbons (Fsp3) is 0.214. The third kappa shape index (κ3) is 3.26. The molecule has 0 bridgehead atoms. The van der Waals surface area contributed by atoms with Gasteiger partial charge in [-0.25, -0.2) is 4.98 Å². The van der Waals surface area contributed by atoms with E-state index in [9.17, 15) is 9.59 Å². The second-order valence-electron chi connectivity index (χ2n) is 4.17. The van der Waals surface area contributed by atoms with Gasteiger partial charge in [0.15, 0.2) is 10.9 Å². The van der Waals surface area contributed by atoms with E-state index in [1.54, 1.807) is 30.8 Å². The van der Waals surface area contributed by atoms with Gasteiger partial charge in [-0.1, -0.05) is 11.3 Å². The van der Waals surface area contributed by atoms with Crippen molar-refractivity contribution in [3.05, 3.63) is 40.4 Å². The zero-order valence-electron chi connectivity index (χ0n) is 11.4. The molecule has 2 rings (SSSR count). The Morgan fingerprint density at radius 2 is 1.90 bits per heavy atom. The summed E-state index contributed by atoms with van der Waals surface area (Å²) in [5.74, 6) is -0.258. The molecule has 0 saturated heterocycles. The highest BCUT2D eigenvalue weighted by Crippen LogP contribution is 2.23. The van der Waals surface area contributed by atoms with E-state index in [4.69, 9.17) is 0 Å². The van der Waals surface area contributed by atoms with Gasteiger partial charge >= 0.3 is 0 Å². The molecule has 1 aromatic heterocycles. The summed E-state index contributed by atoms with van der Waals surface area (Å²) in [7, 11) is 0. The molecule has 0 saturated carbocycles. The third-order valence-corrected chi connectivity index (χ3v) is 4.61. The SMILES string of the molecule is CSc1ccc(C(=O)Nc2nc(C)c(C(C)=O)s2)cc1. The summed E-state index contributed by atoms with van der Waals surface area (Å²) in [6, 6.07) is 7.34. The molecule has 1 N–H and O–H groups in total. The highest BCUT2D eigenvalue weighted by Gasteiger charge is 2.14. The minimum absolute atomic E-state index is 0.0372. The summed E-state index contributed by atoms with van der Waals surface area (Å²) in [5, 5.41) is 3.17. The van der Waals surface area contributed by atoms with Gasteiger partial charge in [0.05, 0.1) is 10.6 Å². The van der Waals surface area contributed by atoms with Crippen molar-refractivity contribution < 1.29 is 9.59 Å². The Kier molecular flexibility index (Phi) is 4.57. The maximum absolute atomic E-state index is 12.1. The van der Waals surface area contributed by atoms with Gasteiger partial charge in [-0.15, -0.1) is 11.8 Å². The number of nitrogens with one attached hydrogen (secondary N) is 1. The maximum atomic E-state index is 12.1. The van der Waals surface area contributed by atoms with E-state index in [-0.39, 0.29) is 11.7 Å². The van der Waals surface area contributed by atoms with Crippen molar-refractivity contribution >= 4 is 39.9 Å². The molecule has 0 unspecified atom stereocenters. The van der Waals surface area contributed by atoms with Crippen molar-refractivity contribution in [2.45, 2.75) is 18.7 Å². The lowest BCUT2D eigenvalue weighted by Gasteiger charge is -2.02. The summed E-state index contributed by atoms with van der Waals surface area (Å²) >= 11 is 2.82. The van der Waals surface area contributed by atoms with Gasteiger partial charge < -0.3 is 0 Å². The van der Waals surface area contributed by atoms with Crippen LogP contribution in [0.1, 0.15) is 32.6 Å². The molecule has 0 fully saturated rings. The molecule has 0 atom stereocenters. The minimum atomic E-state index is -0.221. The van der Waals surface area contributed by atoms with Gasteiger partial charge in [0, 0.05) is 17.4 Å². The Morgan fingerprint density at radius 1 is 1.25 bits per heavy atom. The number of carbonyl (C=O) groups excluding carboxylic acids is 2. The number of ketones is 1. The number of hydrogen-bond donors (Lipinski definition) is 1. The summed E-state index contributed by atoms with van der Waals surface area (Å²) in [6.07, 6.45) is 1.98. The number of aromatic nitrogens is 1. The number of benzene rings is 1. The van der Waals surface area contributed by atoms with Crippen LogP contribution < -0.4 is 5.32 Å². The van der Waals surface area contributed by atoms with Gasteiger partial charge in [-0.05, 0) is 37.4 Å². The highest BCUT2D eigenvalue weighted by atomic mass is 32.2. The standard InChI is InChI=1S/C14H14N2O2S2/c1-8-12(9(2)17)20-14(15-8)16-13(18)10-4-6-11(19-3)7-5-10/h4-7H,1-3H3,(H,15,16,18). The van der Waals surface area contributed by atoms with E-state index in [0.717, 1.165) is 4.90 Å².